The molecule has 4 aromatic rings. The van der Waals surface area contributed by atoms with Gasteiger partial charge in [0.15, 0.2) is 60.5 Å². The van der Waals surface area contributed by atoms with Gasteiger partial charge < -0.3 is 50.1 Å². The summed E-state index contributed by atoms with van der Waals surface area (Å²) in [6, 6.07) is 0. The van der Waals surface area contributed by atoms with Crippen molar-refractivity contribution in [3.8, 4) is 0 Å². The summed E-state index contributed by atoms with van der Waals surface area (Å²) in [7, 11) is -24.2. The fraction of sp³-hybridized carbons (Fsp3) is 0.300. The van der Waals surface area contributed by atoms with Crippen molar-refractivity contribution in [2.45, 2.75) is 24.7 Å². The van der Waals surface area contributed by atoms with Crippen LogP contribution in [0, 0.1) is 0 Å². The van der Waals surface area contributed by atoms with Crippen LogP contribution in [-0.2, 0) is 68.9 Å². The number of fused-ring (bicyclic) bond motifs is 2. The van der Waals surface area contributed by atoms with Crippen LogP contribution in [0.2, 0.25) is 0 Å². The number of ether oxygens (including phenoxy) is 2. The summed E-state index contributed by atoms with van der Waals surface area (Å²) < 4.78 is 81.6. The molecule has 34 heteroatoms. The molecule has 0 saturated heterocycles. The van der Waals surface area contributed by atoms with Crippen molar-refractivity contribution in [2.24, 2.45) is 0 Å². The van der Waals surface area contributed by atoms with E-state index in [2.05, 4.69) is 51.9 Å². The minimum Gasteiger partial charge on any atom is -0.382 e. The van der Waals surface area contributed by atoms with Gasteiger partial charge in [0.25, 0.3) is 0 Å². The molecule has 0 spiro atoms. The van der Waals surface area contributed by atoms with Gasteiger partial charge in [-0.15, -0.1) is 0 Å². The van der Waals surface area contributed by atoms with Gasteiger partial charge >= 0.3 is 31.3 Å². The molecular weight excluding hydrogens is 831 g/mol. The molecule has 0 amide bonds. The maximum atomic E-state index is 12.3. The van der Waals surface area contributed by atoms with Crippen LogP contribution in [0.1, 0.15) is 12.5 Å². The quantitative estimate of drug-likeness (QED) is 0.0297. The number of phosphoric acid groups is 4. The number of carbonyl (C=O) groups excluding carboxylic acids is 4. The summed E-state index contributed by atoms with van der Waals surface area (Å²) in [5, 5.41) is 0. The minimum absolute atomic E-state index is 0. The Bertz CT molecular complexity index is 2040. The van der Waals surface area contributed by atoms with Crippen LogP contribution >= 0.6 is 31.3 Å². The fourth-order valence-electron chi connectivity index (χ4n) is 3.82. The molecule has 4 rings (SSSR count). The van der Waals surface area contributed by atoms with Gasteiger partial charge in [-0.1, -0.05) is 0 Å². The van der Waals surface area contributed by atoms with Crippen LogP contribution in [0.3, 0.4) is 0 Å². The van der Waals surface area contributed by atoms with Crippen molar-refractivity contribution in [3.05, 3.63) is 25.3 Å². The summed E-state index contributed by atoms with van der Waals surface area (Å²) in [6.45, 7) is -2.52. The van der Waals surface area contributed by atoms with Crippen molar-refractivity contribution in [2.75, 3.05) is 24.7 Å². The van der Waals surface area contributed by atoms with E-state index in [1.165, 1.54) is 0 Å². The van der Waals surface area contributed by atoms with Gasteiger partial charge in [-0.25, -0.2) is 48.2 Å². The van der Waals surface area contributed by atoms with E-state index >= 15 is 0 Å². The van der Waals surface area contributed by atoms with Gasteiger partial charge in [0.2, 0.25) is 0 Å². The minimum atomic E-state index is -6.25. The van der Waals surface area contributed by atoms with Crippen molar-refractivity contribution in [1.82, 2.24) is 39.0 Å². The number of aldehydes is 4. The number of carbonyl (C=O) groups is 4. The van der Waals surface area contributed by atoms with Crippen LogP contribution in [0.4, 0.5) is 11.6 Å². The summed E-state index contributed by atoms with van der Waals surface area (Å²) in [5.74, 6) is -0.140. The fourth-order valence-corrected chi connectivity index (χ4v) is 8.77. The zero-order valence-corrected chi connectivity index (χ0v) is 32.4. The Labute approximate surface area is 321 Å². The molecule has 4 aromatic heterocycles. The zero-order chi connectivity index (χ0) is 39.2. The number of nitrogens with two attached hydrogens (primary N) is 2. The first-order valence-corrected chi connectivity index (χ1v) is 19.5. The van der Waals surface area contributed by atoms with Crippen LogP contribution < -0.4 is 11.5 Å². The number of aromatic nitrogens is 8. The smallest absolute Gasteiger partial charge is 0.382 e. The summed E-state index contributed by atoms with van der Waals surface area (Å²) >= 11 is 0. The molecule has 8 atom stereocenters. The van der Waals surface area contributed by atoms with Crippen molar-refractivity contribution >= 4 is 120 Å². The molecule has 8 N–H and O–H groups in total. The maximum absolute atomic E-state index is 12.3. The van der Waals surface area contributed by atoms with E-state index in [9.17, 15) is 57.0 Å². The van der Waals surface area contributed by atoms with E-state index < -0.39 is 69.2 Å². The van der Waals surface area contributed by atoms with Crippen molar-refractivity contribution in [3.63, 3.8) is 0 Å². The number of hydrogen-bond acceptors (Lipinski definition) is 23. The second-order valence-electron chi connectivity index (χ2n) is 9.55. The van der Waals surface area contributed by atoms with Crippen molar-refractivity contribution < 1.29 is 88.5 Å². The van der Waals surface area contributed by atoms with E-state index in [0.717, 1.165) is 34.4 Å². The van der Waals surface area contributed by atoms with Crippen LogP contribution in [-0.4, -0.2) is 139 Å². The van der Waals surface area contributed by atoms with Gasteiger partial charge in [-0.3, -0.25) is 27.8 Å². The van der Waals surface area contributed by atoms with Crippen LogP contribution in [0.25, 0.3) is 22.3 Å². The Hall–Kier alpha value is -3.14. The summed E-state index contributed by atoms with van der Waals surface area (Å²) in [5.41, 5.74) is 11.4. The molecular formula is C20H24N10NaO19P4. The number of hydrogen-bond donors (Lipinski definition) is 6. The van der Waals surface area contributed by atoms with Crippen molar-refractivity contribution in [1.29, 1.82) is 0 Å². The van der Waals surface area contributed by atoms with Gasteiger partial charge in [-0.05, 0) is 0 Å². The largest absolute Gasteiger partial charge is 0.490 e. The first-order chi connectivity index (χ1) is 24.8. The molecule has 0 bridgehead atoms. The predicted octanol–water partition coefficient (Wildman–Crippen LogP) is -1.50. The standard InChI is InChI=1S/C20H24N10O19P4.Na/c21-17-15-19(25-7-23-17)29(9-27-15)13(3-33)45-11(1-31)5-43-50(35,36)47-52(39,40)49-53(41,42)48-51(37,38)44-6-12(2-32)46-14(4-34)30-10-28-16-18(22)24-8-26-20(16)30;/h1-4,7-14H,5-6H2,(H,35,36)(H,37,38)(H,39,40)(H,41,42)(H2,21,23,25)(H2,22,24,26);. The normalized spacial score (nSPS) is 18.4. The van der Waals surface area contributed by atoms with Crippen LogP contribution in [0.15, 0.2) is 25.3 Å². The molecule has 8 unspecified atom stereocenters. The van der Waals surface area contributed by atoms with E-state index in [0.29, 0.717) is 0 Å². The molecule has 0 aliphatic heterocycles. The molecule has 54 heavy (non-hydrogen) atoms. The number of imidazole rings is 2. The molecule has 4 heterocycles. The SMILES string of the molecule is Nc1ncnc2c1ncn2C(C=O)OC(C=O)COP(=O)(O)OP(=O)(O)OP(=O)(O)OP(=O)(O)OCC(C=O)OC(C=O)n1cnc2c(N)ncnc21.[Na]. The third kappa shape index (κ3) is 11.9. The molecule has 1 radical (unpaired) electrons. The molecule has 289 valence electrons. The zero-order valence-electron chi connectivity index (χ0n) is 26.8. The third-order valence-electron chi connectivity index (χ3n) is 5.91. The number of phosphoric ester groups is 2. The van der Waals surface area contributed by atoms with Crippen LogP contribution in [0.5, 0.6) is 0 Å². The van der Waals surface area contributed by atoms with Gasteiger partial charge in [0.1, 0.15) is 35.9 Å². The summed E-state index contributed by atoms with van der Waals surface area (Å²) in [6.07, 6.45) is -2.67. The number of nitrogens with zero attached hydrogens (tertiary/aromatic N) is 8. The van der Waals surface area contributed by atoms with Gasteiger partial charge in [-0.2, -0.15) is 12.9 Å². The van der Waals surface area contributed by atoms with Gasteiger partial charge in [0, 0.05) is 29.6 Å². The van der Waals surface area contributed by atoms with E-state index in [1.807, 2.05) is 0 Å². The first kappa shape index (κ1) is 45.3. The number of rotatable bonds is 22. The average Bonchev–Trinajstić information content (AvgIpc) is 3.70. The average molecular weight is 855 g/mol. The molecule has 0 saturated carbocycles. The Morgan fingerprint density at radius 2 is 0.944 bits per heavy atom. The first-order valence-electron chi connectivity index (χ1n) is 13.6. The third-order valence-corrected chi connectivity index (χ3v) is 11.8. The maximum Gasteiger partial charge on any atom is 0.490 e. The second kappa shape index (κ2) is 18.7. The van der Waals surface area contributed by atoms with E-state index in [1.54, 1.807) is 0 Å². The Morgan fingerprint density at radius 1 is 0.593 bits per heavy atom. The number of nitrogen functional groups attached to an aromatic ring is 2. The molecule has 0 aromatic carbocycles. The predicted molar refractivity (Wildman–Crippen MR) is 172 cm³/mol. The molecule has 0 aliphatic carbocycles. The van der Waals surface area contributed by atoms with Gasteiger partial charge in [0.05, 0.1) is 25.9 Å². The topological polar surface area (TPSA) is 421 Å². The monoisotopic (exact) mass is 855 g/mol. The van der Waals surface area contributed by atoms with E-state index in [4.69, 9.17) is 20.9 Å². The van der Waals surface area contributed by atoms with E-state index in [-0.39, 0.29) is 88.7 Å². The Morgan fingerprint density at radius 3 is 1.28 bits per heavy atom. The number of anilines is 2. The summed E-state index contributed by atoms with van der Waals surface area (Å²) in [4.78, 5) is 109. The second-order valence-corrected chi connectivity index (χ2v) is 15.8. The Kier molecular flexibility index (Phi) is 15.6. The molecule has 0 aliphatic rings. The molecule has 0 fully saturated rings. The Balaban J connectivity index is 0.00000784. The molecule has 29 nitrogen and oxygen atoms in total.